The number of hydrogen-bond acceptors (Lipinski definition) is 3. The van der Waals surface area contributed by atoms with E-state index in [0.717, 1.165) is 50.1 Å². The van der Waals surface area contributed by atoms with Crippen molar-refractivity contribution in [2.75, 3.05) is 20.2 Å². The van der Waals surface area contributed by atoms with Crippen molar-refractivity contribution >= 4 is 5.91 Å². The van der Waals surface area contributed by atoms with Crippen LogP contribution in [0, 0.1) is 5.41 Å². The second kappa shape index (κ2) is 5.82. The molecule has 1 unspecified atom stereocenters. The second-order valence-electron chi connectivity index (χ2n) is 7.77. The van der Waals surface area contributed by atoms with Crippen molar-refractivity contribution in [3.8, 4) is 5.75 Å². The zero-order chi connectivity index (χ0) is 16.7. The number of ether oxygens (including phenoxy) is 1. The van der Waals surface area contributed by atoms with Crippen molar-refractivity contribution in [1.82, 2.24) is 4.90 Å². The van der Waals surface area contributed by atoms with E-state index in [1.54, 1.807) is 7.11 Å². The molecule has 2 fully saturated rings. The molecule has 1 aliphatic heterocycles. The first kappa shape index (κ1) is 16.3. The van der Waals surface area contributed by atoms with E-state index < -0.39 is 0 Å². The van der Waals surface area contributed by atoms with E-state index >= 15 is 0 Å². The molecule has 1 aromatic carbocycles. The first-order chi connectivity index (χ1) is 10.9. The van der Waals surface area contributed by atoms with Crippen molar-refractivity contribution < 1.29 is 9.53 Å². The Labute approximate surface area is 139 Å². The molecular weight excluding hydrogens is 288 g/mol. The lowest BCUT2D eigenvalue weighted by Crippen LogP contribution is -2.59. The zero-order valence-corrected chi connectivity index (χ0v) is 14.5. The largest absolute Gasteiger partial charge is 0.497 e. The SMILES string of the molecule is COc1ccc(C2(C(=O)N3CCC(N)C(C)(C)C3)CCC2)cc1. The molecule has 4 nitrogen and oxygen atoms in total. The molecule has 0 aromatic heterocycles. The summed E-state index contributed by atoms with van der Waals surface area (Å²) in [6.45, 7) is 5.86. The molecule has 1 heterocycles. The Balaban J connectivity index is 1.83. The van der Waals surface area contributed by atoms with Gasteiger partial charge in [-0.15, -0.1) is 0 Å². The van der Waals surface area contributed by atoms with Gasteiger partial charge in [-0.05, 0) is 42.4 Å². The molecule has 0 spiro atoms. The summed E-state index contributed by atoms with van der Waals surface area (Å²) < 4.78 is 5.24. The van der Waals surface area contributed by atoms with Crippen LogP contribution in [0.3, 0.4) is 0 Å². The predicted molar refractivity (Wildman–Crippen MR) is 91.5 cm³/mol. The van der Waals surface area contributed by atoms with Crippen LogP contribution in [-0.2, 0) is 10.2 Å². The molecule has 1 aliphatic carbocycles. The van der Waals surface area contributed by atoms with Crippen molar-refractivity contribution in [3.63, 3.8) is 0 Å². The van der Waals surface area contributed by atoms with Gasteiger partial charge in [0.15, 0.2) is 0 Å². The van der Waals surface area contributed by atoms with E-state index in [2.05, 4.69) is 26.0 Å². The molecule has 126 valence electrons. The molecule has 4 heteroatoms. The van der Waals surface area contributed by atoms with Crippen LogP contribution in [0.5, 0.6) is 5.75 Å². The van der Waals surface area contributed by atoms with Crippen LogP contribution in [0.25, 0.3) is 0 Å². The monoisotopic (exact) mass is 316 g/mol. The van der Waals surface area contributed by atoms with Crippen molar-refractivity contribution in [2.24, 2.45) is 11.1 Å². The number of piperidine rings is 1. The maximum absolute atomic E-state index is 13.3. The summed E-state index contributed by atoms with van der Waals surface area (Å²) >= 11 is 0. The predicted octanol–water partition coefficient (Wildman–Crippen LogP) is 2.70. The van der Waals surface area contributed by atoms with Crippen molar-refractivity contribution in [2.45, 2.75) is 51.0 Å². The van der Waals surface area contributed by atoms with Crippen LogP contribution in [0.15, 0.2) is 24.3 Å². The fraction of sp³-hybridized carbons (Fsp3) is 0.632. The number of carbonyl (C=O) groups excluding carboxylic acids is 1. The highest BCUT2D eigenvalue weighted by molar-refractivity contribution is 5.89. The van der Waals surface area contributed by atoms with Gasteiger partial charge >= 0.3 is 0 Å². The van der Waals surface area contributed by atoms with Crippen molar-refractivity contribution in [3.05, 3.63) is 29.8 Å². The topological polar surface area (TPSA) is 55.6 Å². The minimum atomic E-state index is -0.330. The highest BCUT2D eigenvalue weighted by Crippen LogP contribution is 2.46. The van der Waals surface area contributed by atoms with Gasteiger partial charge < -0.3 is 15.4 Å². The third-order valence-electron chi connectivity index (χ3n) is 5.86. The molecule has 0 bridgehead atoms. The number of amides is 1. The second-order valence-corrected chi connectivity index (χ2v) is 7.77. The van der Waals surface area contributed by atoms with Gasteiger partial charge in [0.25, 0.3) is 0 Å². The van der Waals surface area contributed by atoms with Crippen LogP contribution in [0.1, 0.15) is 45.1 Å². The van der Waals surface area contributed by atoms with Gasteiger partial charge in [-0.2, -0.15) is 0 Å². The molecule has 2 N–H and O–H groups in total. The fourth-order valence-electron chi connectivity index (χ4n) is 3.92. The minimum Gasteiger partial charge on any atom is -0.497 e. The van der Waals surface area contributed by atoms with Gasteiger partial charge in [0, 0.05) is 19.1 Å². The first-order valence-corrected chi connectivity index (χ1v) is 8.58. The van der Waals surface area contributed by atoms with Gasteiger partial charge in [-0.25, -0.2) is 0 Å². The van der Waals surface area contributed by atoms with Gasteiger partial charge in [0.2, 0.25) is 5.91 Å². The van der Waals surface area contributed by atoms with Crippen LogP contribution >= 0.6 is 0 Å². The number of carbonyl (C=O) groups is 1. The lowest BCUT2D eigenvalue weighted by Gasteiger charge is -2.49. The Morgan fingerprint density at radius 3 is 2.39 bits per heavy atom. The Morgan fingerprint density at radius 2 is 1.91 bits per heavy atom. The molecule has 2 aliphatic rings. The summed E-state index contributed by atoms with van der Waals surface area (Å²) in [7, 11) is 1.67. The van der Waals surface area contributed by atoms with Gasteiger partial charge in [-0.3, -0.25) is 4.79 Å². The summed E-state index contributed by atoms with van der Waals surface area (Å²) in [5.74, 6) is 1.12. The molecule has 0 radical (unpaired) electrons. The summed E-state index contributed by atoms with van der Waals surface area (Å²) in [5, 5.41) is 0. The smallest absolute Gasteiger partial charge is 0.233 e. The molecule has 1 atom stereocenters. The number of methoxy groups -OCH3 is 1. The number of rotatable bonds is 3. The van der Waals surface area contributed by atoms with Crippen LogP contribution in [0.4, 0.5) is 0 Å². The summed E-state index contributed by atoms with van der Waals surface area (Å²) in [6.07, 6.45) is 3.90. The average molecular weight is 316 g/mol. The zero-order valence-electron chi connectivity index (χ0n) is 14.5. The van der Waals surface area contributed by atoms with E-state index in [1.807, 2.05) is 17.0 Å². The highest BCUT2D eigenvalue weighted by Gasteiger charge is 2.49. The normalized spacial score (nSPS) is 25.6. The number of likely N-dealkylation sites (tertiary alicyclic amines) is 1. The maximum atomic E-state index is 13.3. The Bertz CT molecular complexity index is 576. The van der Waals surface area contributed by atoms with E-state index in [4.69, 9.17) is 10.5 Å². The number of nitrogens with zero attached hydrogens (tertiary/aromatic N) is 1. The molecule has 1 saturated heterocycles. The van der Waals surface area contributed by atoms with E-state index in [1.165, 1.54) is 0 Å². The van der Waals surface area contributed by atoms with E-state index in [9.17, 15) is 4.79 Å². The van der Waals surface area contributed by atoms with Crippen LogP contribution in [-0.4, -0.2) is 37.0 Å². The first-order valence-electron chi connectivity index (χ1n) is 8.58. The number of nitrogens with two attached hydrogens (primary N) is 1. The van der Waals surface area contributed by atoms with Crippen molar-refractivity contribution in [1.29, 1.82) is 0 Å². The Kier molecular flexibility index (Phi) is 4.13. The maximum Gasteiger partial charge on any atom is 0.233 e. The molecule has 23 heavy (non-hydrogen) atoms. The summed E-state index contributed by atoms with van der Waals surface area (Å²) in [6, 6.07) is 8.19. The highest BCUT2D eigenvalue weighted by atomic mass is 16.5. The Hall–Kier alpha value is -1.55. The lowest BCUT2D eigenvalue weighted by molar-refractivity contribution is -0.144. The minimum absolute atomic E-state index is 0.0151. The van der Waals surface area contributed by atoms with Gasteiger partial charge in [0.05, 0.1) is 12.5 Å². The van der Waals surface area contributed by atoms with E-state index in [-0.39, 0.29) is 22.8 Å². The molecular formula is C19H28N2O2. The molecule has 3 rings (SSSR count). The molecule has 1 amide bonds. The standard InChI is InChI=1S/C19H28N2O2/c1-18(2)13-21(12-9-16(18)20)17(22)19(10-4-11-19)14-5-7-15(23-3)8-6-14/h5-8,16H,4,9-13,20H2,1-3H3. The third kappa shape index (κ3) is 2.74. The number of hydrogen-bond donors (Lipinski definition) is 1. The van der Waals surface area contributed by atoms with Gasteiger partial charge in [0.1, 0.15) is 5.75 Å². The van der Waals surface area contributed by atoms with Crippen LogP contribution < -0.4 is 10.5 Å². The van der Waals surface area contributed by atoms with Gasteiger partial charge in [-0.1, -0.05) is 32.4 Å². The lowest BCUT2D eigenvalue weighted by atomic mass is 9.63. The fourth-order valence-corrected chi connectivity index (χ4v) is 3.92. The quantitative estimate of drug-likeness (QED) is 0.933. The summed E-state index contributed by atoms with van der Waals surface area (Å²) in [4.78, 5) is 15.4. The Morgan fingerprint density at radius 1 is 1.26 bits per heavy atom. The number of benzene rings is 1. The molecule has 1 aromatic rings. The average Bonchev–Trinajstić information content (AvgIpc) is 2.49. The van der Waals surface area contributed by atoms with E-state index in [0.29, 0.717) is 0 Å². The summed E-state index contributed by atoms with van der Waals surface area (Å²) in [5.41, 5.74) is 7.00. The van der Waals surface area contributed by atoms with Crippen LogP contribution in [0.2, 0.25) is 0 Å². The third-order valence-corrected chi connectivity index (χ3v) is 5.86. The molecule has 1 saturated carbocycles.